The van der Waals surface area contributed by atoms with Gasteiger partial charge in [-0.2, -0.15) is 0 Å². The highest BCUT2D eigenvalue weighted by Gasteiger charge is 2.36. The number of carbonyl (C=O) groups excluding carboxylic acids is 4. The molecule has 1 heterocycles. The summed E-state index contributed by atoms with van der Waals surface area (Å²) in [7, 11) is 0. The van der Waals surface area contributed by atoms with E-state index in [0.29, 0.717) is 17.8 Å². The first-order valence-electron chi connectivity index (χ1n) is 18.6. The molecule has 18 heteroatoms. The molecule has 0 saturated heterocycles. The van der Waals surface area contributed by atoms with Gasteiger partial charge >= 0.3 is 11.9 Å². The number of nitrogens with zero attached hydrogens (tertiary/aromatic N) is 2. The molecular formula is C40H53F2N7O8S. The summed E-state index contributed by atoms with van der Waals surface area (Å²) in [6, 6.07) is 11.7. The van der Waals surface area contributed by atoms with Gasteiger partial charge in [-0.25, -0.2) is 8.78 Å². The molecule has 0 aliphatic heterocycles. The van der Waals surface area contributed by atoms with Crippen molar-refractivity contribution in [1.82, 2.24) is 25.4 Å². The molecular weight excluding hydrogens is 777 g/mol. The van der Waals surface area contributed by atoms with Crippen molar-refractivity contribution in [1.29, 1.82) is 0 Å². The molecule has 0 radical (unpaired) electrons. The van der Waals surface area contributed by atoms with Crippen LogP contribution >= 0.6 is 11.8 Å². The van der Waals surface area contributed by atoms with Gasteiger partial charge in [-0.1, -0.05) is 51.1 Å². The molecule has 0 spiro atoms. The van der Waals surface area contributed by atoms with E-state index in [9.17, 15) is 33.2 Å². The van der Waals surface area contributed by atoms with Crippen LogP contribution in [0.2, 0.25) is 0 Å². The molecule has 4 atom stereocenters. The number of carboxylic acids is 2. The van der Waals surface area contributed by atoms with Crippen LogP contribution in [-0.2, 0) is 35.3 Å². The fraction of sp³-hybridized carbons (Fsp3) is 0.450. The van der Waals surface area contributed by atoms with Crippen molar-refractivity contribution in [3.8, 4) is 11.1 Å². The second kappa shape index (κ2) is 22.0. The Balaban J connectivity index is 1.61. The summed E-state index contributed by atoms with van der Waals surface area (Å²) in [5, 5.41) is 24.6. The molecule has 0 saturated carbocycles. The van der Waals surface area contributed by atoms with E-state index in [1.807, 2.05) is 55.7 Å². The molecule has 3 aromatic rings. The van der Waals surface area contributed by atoms with E-state index in [1.165, 1.54) is 6.92 Å². The Bertz CT molecular complexity index is 1910. The van der Waals surface area contributed by atoms with Crippen LogP contribution in [0.25, 0.3) is 11.1 Å². The Morgan fingerprint density at radius 3 is 2.16 bits per heavy atom. The topological polar surface area (TPSA) is 239 Å². The van der Waals surface area contributed by atoms with Crippen LogP contribution in [0.15, 0.2) is 60.8 Å². The first kappa shape index (κ1) is 47.0. The second-order valence-corrected chi connectivity index (χ2v) is 16.0. The van der Waals surface area contributed by atoms with E-state index in [2.05, 4.69) is 16.0 Å². The van der Waals surface area contributed by atoms with Crippen LogP contribution in [0.5, 0.6) is 0 Å². The van der Waals surface area contributed by atoms with Crippen molar-refractivity contribution < 1.29 is 47.8 Å². The van der Waals surface area contributed by atoms with Crippen LogP contribution < -0.4 is 27.4 Å². The summed E-state index contributed by atoms with van der Waals surface area (Å²) < 4.78 is 31.2. The minimum Gasteiger partial charge on any atom is -0.481 e. The predicted octanol–water partition coefficient (Wildman–Crippen LogP) is 2.86. The molecule has 1 unspecified atom stereocenters. The summed E-state index contributed by atoms with van der Waals surface area (Å²) in [6.07, 6.45) is 1.14. The fourth-order valence-electron chi connectivity index (χ4n) is 6.19. The highest BCUT2D eigenvalue weighted by Crippen LogP contribution is 2.41. The lowest BCUT2D eigenvalue weighted by atomic mass is 9.82. The summed E-state index contributed by atoms with van der Waals surface area (Å²) in [5.74, 6) is -5.83. The van der Waals surface area contributed by atoms with Crippen molar-refractivity contribution in [2.45, 2.75) is 76.9 Å². The van der Waals surface area contributed by atoms with E-state index in [0.717, 1.165) is 35.5 Å². The molecule has 0 aliphatic rings. The maximum Gasteiger partial charge on any atom is 0.321 e. The van der Waals surface area contributed by atoms with Gasteiger partial charge in [0.1, 0.15) is 17.7 Å². The van der Waals surface area contributed by atoms with Crippen molar-refractivity contribution in [3.05, 3.63) is 83.7 Å². The number of carbonyl (C=O) groups is 6. The molecule has 2 aromatic carbocycles. The number of benzene rings is 2. The quantitative estimate of drug-likeness (QED) is 0.0727. The van der Waals surface area contributed by atoms with Crippen LogP contribution in [0.4, 0.5) is 8.78 Å². The number of nitrogens with two attached hydrogens (primary N) is 2. The predicted molar refractivity (Wildman–Crippen MR) is 215 cm³/mol. The van der Waals surface area contributed by atoms with E-state index >= 15 is 4.39 Å². The van der Waals surface area contributed by atoms with Gasteiger partial charge in [-0.3, -0.25) is 28.8 Å². The molecule has 316 valence electrons. The van der Waals surface area contributed by atoms with Gasteiger partial charge in [0.2, 0.25) is 23.6 Å². The molecule has 0 bridgehead atoms. The maximum atomic E-state index is 15.0. The van der Waals surface area contributed by atoms with Crippen LogP contribution in [-0.4, -0.2) is 105 Å². The van der Waals surface area contributed by atoms with E-state index < -0.39 is 76.5 Å². The Labute approximate surface area is 340 Å². The van der Waals surface area contributed by atoms with Gasteiger partial charge in [0.15, 0.2) is 0 Å². The third-order valence-corrected chi connectivity index (χ3v) is 10.4. The monoisotopic (exact) mass is 829 g/mol. The van der Waals surface area contributed by atoms with Crippen molar-refractivity contribution >= 4 is 47.3 Å². The zero-order valence-electron chi connectivity index (χ0n) is 33.0. The van der Waals surface area contributed by atoms with Gasteiger partial charge in [-0.05, 0) is 41.7 Å². The second-order valence-electron chi connectivity index (χ2n) is 14.8. The Morgan fingerprint density at radius 1 is 0.879 bits per heavy atom. The van der Waals surface area contributed by atoms with Gasteiger partial charge in [0.25, 0.3) is 0 Å². The molecule has 15 nitrogen and oxygen atoms in total. The lowest BCUT2D eigenvalue weighted by Gasteiger charge is -2.41. The van der Waals surface area contributed by atoms with Crippen molar-refractivity contribution in [2.75, 3.05) is 31.9 Å². The molecule has 9 N–H and O–H groups in total. The number of hydrogen-bond acceptors (Lipinski definition) is 9. The summed E-state index contributed by atoms with van der Waals surface area (Å²) >= 11 is 0.805. The standard InChI is InChI=1S/C40H53F2N7O8S/c1-24(50)49(36(40(2,3)4)32-18-26(28-19-27(41)10-11-29(28)42)22-48(32)21-25-8-6-5-7-9-25)17-13-30(43)37(54)46-14-12-34(51)45-15-16-47-38(55)33(20-35(52)53)58-23-31(44)39(56)57/h5-11,18-19,22,30-31,33,36H,12-17,20-21,23,43-44H2,1-4H3,(H,45,51)(H,46,54)(H,47,55)(H,52,53)(H,56,57)/t30-,31-,33?,36-/m0/s1. The van der Waals surface area contributed by atoms with Gasteiger partial charge in [-0.15, -0.1) is 11.8 Å². The number of aromatic nitrogens is 1. The number of hydrogen-bond donors (Lipinski definition) is 7. The highest BCUT2D eigenvalue weighted by atomic mass is 32.2. The van der Waals surface area contributed by atoms with Crippen LogP contribution in [0, 0.1) is 17.0 Å². The molecule has 0 aliphatic carbocycles. The summed E-state index contributed by atoms with van der Waals surface area (Å²) in [4.78, 5) is 74.9. The molecule has 3 rings (SSSR count). The Morgan fingerprint density at radius 2 is 1.53 bits per heavy atom. The van der Waals surface area contributed by atoms with Gasteiger partial charge in [0.05, 0.1) is 23.8 Å². The zero-order chi connectivity index (χ0) is 43.2. The Kier molecular flexibility index (Phi) is 17.8. The van der Waals surface area contributed by atoms with E-state index in [-0.39, 0.29) is 56.2 Å². The minimum atomic E-state index is -1.28. The Hall–Kier alpha value is -5.33. The zero-order valence-corrected chi connectivity index (χ0v) is 33.8. The van der Waals surface area contributed by atoms with E-state index in [1.54, 1.807) is 17.2 Å². The first-order chi connectivity index (χ1) is 27.3. The largest absolute Gasteiger partial charge is 0.481 e. The average Bonchev–Trinajstić information content (AvgIpc) is 3.55. The van der Waals surface area contributed by atoms with Crippen LogP contribution in [0.1, 0.15) is 64.3 Å². The normalized spacial score (nSPS) is 13.4. The summed E-state index contributed by atoms with van der Waals surface area (Å²) in [5.41, 5.74) is 13.3. The van der Waals surface area contributed by atoms with Gasteiger partial charge in [0, 0.05) is 74.8 Å². The minimum absolute atomic E-state index is 0.000355. The SMILES string of the molecule is CC(=O)N(CC[C@H](N)C(=O)NCCC(=O)NCCNC(=O)C(CC(=O)O)SC[C@H](N)C(=O)O)[C@@H](c1cc(-c2cc(F)ccc2F)cn1Cc1ccccc1)C(C)(C)C. The molecule has 4 amide bonds. The smallest absolute Gasteiger partial charge is 0.321 e. The third kappa shape index (κ3) is 14.6. The fourth-order valence-corrected chi connectivity index (χ4v) is 7.26. The number of thioether (sulfide) groups is 1. The average molecular weight is 830 g/mol. The van der Waals surface area contributed by atoms with E-state index in [4.69, 9.17) is 21.7 Å². The number of carboxylic acid groups (broad SMARTS) is 2. The maximum absolute atomic E-state index is 15.0. The number of rotatable bonds is 22. The number of aliphatic carboxylic acids is 2. The lowest BCUT2D eigenvalue weighted by molar-refractivity contribution is -0.138. The van der Waals surface area contributed by atoms with Crippen molar-refractivity contribution in [3.63, 3.8) is 0 Å². The number of halogens is 2. The van der Waals surface area contributed by atoms with Crippen molar-refractivity contribution in [2.24, 2.45) is 16.9 Å². The number of amides is 4. The molecule has 1 aromatic heterocycles. The first-order valence-corrected chi connectivity index (χ1v) is 19.7. The lowest BCUT2D eigenvalue weighted by Crippen LogP contribution is -2.46. The highest BCUT2D eigenvalue weighted by molar-refractivity contribution is 8.00. The summed E-state index contributed by atoms with van der Waals surface area (Å²) in [6.45, 7) is 7.65. The molecule has 58 heavy (non-hydrogen) atoms. The third-order valence-electron chi connectivity index (χ3n) is 9.04. The molecule has 0 fully saturated rings. The number of nitrogens with one attached hydrogen (secondary N) is 3. The van der Waals surface area contributed by atoms with Gasteiger partial charge < -0.3 is 47.1 Å². The van der Waals surface area contributed by atoms with Crippen LogP contribution in [0.3, 0.4) is 0 Å².